The van der Waals surface area contributed by atoms with Crippen LogP contribution in [0.2, 0.25) is 0 Å². The predicted octanol–water partition coefficient (Wildman–Crippen LogP) is 1.71. The van der Waals surface area contributed by atoms with Crippen molar-refractivity contribution < 1.29 is 4.52 Å². The van der Waals surface area contributed by atoms with E-state index in [2.05, 4.69) is 14.7 Å². The number of nitrogens with one attached hydrogen (secondary N) is 1. The summed E-state index contributed by atoms with van der Waals surface area (Å²) in [7, 11) is 0. The molecular formula is C9H12N2O2. The summed E-state index contributed by atoms with van der Waals surface area (Å²) in [5, 5.41) is 3.59. The van der Waals surface area contributed by atoms with Crippen molar-refractivity contribution in [3.05, 3.63) is 21.9 Å². The van der Waals surface area contributed by atoms with E-state index in [4.69, 9.17) is 0 Å². The fourth-order valence-electron chi connectivity index (χ4n) is 1.65. The van der Waals surface area contributed by atoms with E-state index >= 15 is 0 Å². The van der Waals surface area contributed by atoms with Crippen molar-refractivity contribution in [3.63, 3.8) is 0 Å². The predicted molar refractivity (Wildman–Crippen MR) is 48.2 cm³/mol. The van der Waals surface area contributed by atoms with Crippen LogP contribution in [0.1, 0.15) is 37.9 Å². The highest BCUT2D eigenvalue weighted by atomic mass is 16.5. The summed E-state index contributed by atoms with van der Waals surface area (Å²) in [6, 6.07) is 0. The van der Waals surface area contributed by atoms with Crippen molar-refractivity contribution >= 4 is 6.08 Å². The fourth-order valence-corrected chi connectivity index (χ4v) is 1.65. The molecule has 0 aliphatic heterocycles. The second-order valence-electron chi connectivity index (χ2n) is 3.34. The monoisotopic (exact) mass is 180 g/mol. The van der Waals surface area contributed by atoms with Crippen molar-refractivity contribution in [3.8, 4) is 0 Å². The average molecular weight is 180 g/mol. The number of hydrogen-bond acceptors (Lipinski definition) is 3. The lowest BCUT2D eigenvalue weighted by Gasteiger charge is -2.12. The molecule has 70 valence electrons. The Morgan fingerprint density at radius 3 is 2.69 bits per heavy atom. The number of nitrogens with zero attached hydrogens (tertiary/aromatic N) is 1. The highest BCUT2D eigenvalue weighted by Gasteiger charge is 2.06. The Labute approximate surface area is 75.6 Å². The summed E-state index contributed by atoms with van der Waals surface area (Å²) < 4.78 is 4.40. The van der Waals surface area contributed by atoms with Gasteiger partial charge < -0.3 is 0 Å². The number of aromatic nitrogens is 2. The third kappa shape index (κ3) is 2.08. The van der Waals surface area contributed by atoms with Gasteiger partial charge in [-0.2, -0.15) is 0 Å². The Hall–Kier alpha value is -1.32. The highest BCUT2D eigenvalue weighted by Crippen LogP contribution is 2.23. The van der Waals surface area contributed by atoms with Crippen LogP contribution in [0.5, 0.6) is 0 Å². The standard InChI is InChI=1S/C9H12N2O2/c12-9-10-8(11-13-9)6-7-4-2-1-3-5-7/h6H,1-5H2,(H,10,11,12). The molecule has 1 aromatic heterocycles. The Kier molecular flexibility index (Phi) is 2.29. The van der Waals surface area contributed by atoms with Gasteiger partial charge in [0.1, 0.15) is 0 Å². The second kappa shape index (κ2) is 3.60. The van der Waals surface area contributed by atoms with Crippen LogP contribution in [-0.2, 0) is 0 Å². The SMILES string of the molecule is O=c1[nH]c(C=C2CCCCC2)no1. The zero-order chi connectivity index (χ0) is 9.10. The summed E-state index contributed by atoms with van der Waals surface area (Å²) in [5.41, 5.74) is 1.36. The molecule has 1 aliphatic rings. The van der Waals surface area contributed by atoms with Crippen LogP contribution in [0.3, 0.4) is 0 Å². The van der Waals surface area contributed by atoms with Gasteiger partial charge in [-0.25, -0.2) is 4.79 Å². The summed E-state index contributed by atoms with van der Waals surface area (Å²) in [4.78, 5) is 13.1. The van der Waals surface area contributed by atoms with Crippen molar-refractivity contribution in [1.29, 1.82) is 0 Å². The maximum atomic E-state index is 10.6. The number of allylic oxidation sites excluding steroid dienone is 1. The van der Waals surface area contributed by atoms with E-state index in [1.807, 2.05) is 6.08 Å². The molecule has 0 radical (unpaired) electrons. The largest absolute Gasteiger partial charge is 0.439 e. The van der Waals surface area contributed by atoms with Crippen LogP contribution >= 0.6 is 0 Å². The molecule has 0 unspecified atom stereocenters. The molecule has 1 saturated carbocycles. The lowest BCUT2D eigenvalue weighted by Crippen LogP contribution is -1.96. The van der Waals surface area contributed by atoms with E-state index < -0.39 is 5.76 Å². The molecule has 0 saturated heterocycles. The molecule has 0 amide bonds. The minimum Gasteiger partial charge on any atom is -0.296 e. The van der Waals surface area contributed by atoms with Gasteiger partial charge in [-0.15, -0.1) is 0 Å². The van der Waals surface area contributed by atoms with Gasteiger partial charge in [-0.05, 0) is 31.8 Å². The summed E-state index contributed by atoms with van der Waals surface area (Å²) in [6.45, 7) is 0. The molecule has 1 N–H and O–H groups in total. The smallest absolute Gasteiger partial charge is 0.296 e. The first kappa shape index (κ1) is 8.29. The molecular weight excluding hydrogens is 168 g/mol. The molecule has 4 nitrogen and oxygen atoms in total. The minimum absolute atomic E-state index is 0.484. The zero-order valence-electron chi connectivity index (χ0n) is 7.38. The molecule has 0 aromatic carbocycles. The van der Waals surface area contributed by atoms with Gasteiger partial charge in [0.15, 0.2) is 5.82 Å². The van der Waals surface area contributed by atoms with Gasteiger partial charge in [-0.3, -0.25) is 9.51 Å². The van der Waals surface area contributed by atoms with Gasteiger partial charge in [0.25, 0.3) is 0 Å². The van der Waals surface area contributed by atoms with Gasteiger partial charge in [-0.1, -0.05) is 17.2 Å². The molecule has 0 bridgehead atoms. The normalized spacial score (nSPS) is 17.4. The van der Waals surface area contributed by atoms with Crippen LogP contribution in [0, 0.1) is 0 Å². The van der Waals surface area contributed by atoms with E-state index in [1.54, 1.807) is 0 Å². The Morgan fingerprint density at radius 1 is 1.31 bits per heavy atom. The van der Waals surface area contributed by atoms with Crippen LogP contribution < -0.4 is 5.76 Å². The molecule has 1 fully saturated rings. The highest BCUT2D eigenvalue weighted by molar-refractivity contribution is 5.44. The maximum absolute atomic E-state index is 10.6. The Morgan fingerprint density at radius 2 is 2.08 bits per heavy atom. The summed E-state index contributed by atoms with van der Waals surface area (Å²) in [6.07, 6.45) is 7.96. The molecule has 1 heterocycles. The van der Waals surface area contributed by atoms with Crippen molar-refractivity contribution in [2.45, 2.75) is 32.1 Å². The molecule has 13 heavy (non-hydrogen) atoms. The fraction of sp³-hybridized carbons (Fsp3) is 0.556. The topological polar surface area (TPSA) is 58.9 Å². The lowest BCUT2D eigenvalue weighted by atomic mass is 9.95. The average Bonchev–Trinajstić information content (AvgIpc) is 2.53. The zero-order valence-corrected chi connectivity index (χ0v) is 7.38. The summed E-state index contributed by atoms with van der Waals surface area (Å²) in [5.74, 6) is 0.0598. The van der Waals surface area contributed by atoms with Crippen molar-refractivity contribution in [2.24, 2.45) is 0 Å². The third-order valence-corrected chi connectivity index (χ3v) is 2.29. The first-order chi connectivity index (χ1) is 6.34. The molecule has 4 heteroatoms. The van der Waals surface area contributed by atoms with Crippen LogP contribution in [0.4, 0.5) is 0 Å². The van der Waals surface area contributed by atoms with E-state index in [0.717, 1.165) is 12.8 Å². The Bertz CT molecular complexity index is 354. The van der Waals surface area contributed by atoms with Gasteiger partial charge in [0, 0.05) is 0 Å². The maximum Gasteiger partial charge on any atom is 0.439 e. The molecule has 0 spiro atoms. The second-order valence-corrected chi connectivity index (χ2v) is 3.34. The number of aromatic amines is 1. The van der Waals surface area contributed by atoms with Gasteiger partial charge in [0.2, 0.25) is 0 Å². The van der Waals surface area contributed by atoms with Gasteiger partial charge >= 0.3 is 5.76 Å². The lowest BCUT2D eigenvalue weighted by molar-refractivity contribution is 0.385. The van der Waals surface area contributed by atoms with Crippen LogP contribution in [-0.4, -0.2) is 10.1 Å². The number of hydrogen-bond donors (Lipinski definition) is 1. The number of H-pyrrole nitrogens is 1. The van der Waals surface area contributed by atoms with E-state index in [-0.39, 0.29) is 0 Å². The van der Waals surface area contributed by atoms with E-state index in [0.29, 0.717) is 5.82 Å². The first-order valence-electron chi connectivity index (χ1n) is 4.60. The van der Waals surface area contributed by atoms with Gasteiger partial charge in [0.05, 0.1) is 0 Å². The minimum atomic E-state index is -0.484. The Balaban J connectivity index is 2.14. The summed E-state index contributed by atoms with van der Waals surface area (Å²) >= 11 is 0. The van der Waals surface area contributed by atoms with Crippen LogP contribution in [0.15, 0.2) is 14.9 Å². The quantitative estimate of drug-likeness (QED) is 0.715. The molecule has 0 atom stereocenters. The van der Waals surface area contributed by atoms with E-state index in [9.17, 15) is 4.79 Å². The van der Waals surface area contributed by atoms with Crippen molar-refractivity contribution in [2.75, 3.05) is 0 Å². The third-order valence-electron chi connectivity index (χ3n) is 2.29. The molecule has 1 aromatic rings. The first-order valence-corrected chi connectivity index (χ1v) is 4.60. The van der Waals surface area contributed by atoms with Crippen LogP contribution in [0.25, 0.3) is 6.08 Å². The van der Waals surface area contributed by atoms with E-state index in [1.165, 1.54) is 24.8 Å². The number of rotatable bonds is 1. The van der Waals surface area contributed by atoms with Crippen molar-refractivity contribution in [1.82, 2.24) is 10.1 Å². The molecule has 1 aliphatic carbocycles. The molecule has 2 rings (SSSR count).